The van der Waals surface area contributed by atoms with E-state index in [1.807, 2.05) is 0 Å². The van der Waals surface area contributed by atoms with E-state index >= 15 is 0 Å². The van der Waals surface area contributed by atoms with Crippen molar-refractivity contribution in [3.8, 4) is 0 Å². The molecule has 1 rings (SSSR count). The number of guanidine groups is 1. The molecule has 0 aliphatic rings. The quantitative estimate of drug-likeness (QED) is 0.495. The number of carbonyl (C=O) groups excluding carboxylic acids is 1. The van der Waals surface area contributed by atoms with Crippen LogP contribution in [0.5, 0.6) is 0 Å². The van der Waals surface area contributed by atoms with Crippen molar-refractivity contribution in [2.24, 2.45) is 4.99 Å². The number of benzene rings is 1. The highest BCUT2D eigenvalue weighted by atomic mass is 19.1. The Hall–Kier alpha value is -2.11. The predicted molar refractivity (Wildman–Crippen MR) is 61.0 cm³/mol. The zero-order valence-corrected chi connectivity index (χ0v) is 9.04. The lowest BCUT2D eigenvalue weighted by molar-refractivity contribution is 0.247. The number of carbonyl (C=O) groups is 1. The SMILES string of the molecule is CN=C(NC(=O)NC)Nc1ccc(F)cc1. The average Bonchev–Trinajstić information content (AvgIpc) is 2.30. The molecule has 0 spiro atoms. The summed E-state index contributed by atoms with van der Waals surface area (Å²) in [5.41, 5.74) is 0.637. The minimum Gasteiger partial charge on any atom is -0.341 e. The van der Waals surface area contributed by atoms with Gasteiger partial charge in [0.2, 0.25) is 5.96 Å². The van der Waals surface area contributed by atoms with Gasteiger partial charge in [-0.25, -0.2) is 9.18 Å². The first kappa shape index (κ1) is 12.0. The molecule has 1 aromatic rings. The highest BCUT2D eigenvalue weighted by Gasteiger charge is 2.03. The van der Waals surface area contributed by atoms with Crippen LogP contribution in [0.3, 0.4) is 0 Å². The maximum atomic E-state index is 12.6. The van der Waals surface area contributed by atoms with E-state index in [0.717, 1.165) is 0 Å². The van der Waals surface area contributed by atoms with Gasteiger partial charge in [0, 0.05) is 19.8 Å². The lowest BCUT2D eigenvalue weighted by Gasteiger charge is -2.10. The van der Waals surface area contributed by atoms with Gasteiger partial charge >= 0.3 is 6.03 Å². The fourth-order valence-corrected chi connectivity index (χ4v) is 0.983. The Morgan fingerprint density at radius 3 is 2.44 bits per heavy atom. The van der Waals surface area contributed by atoms with Crippen molar-refractivity contribution < 1.29 is 9.18 Å². The number of amides is 2. The van der Waals surface area contributed by atoms with Crippen LogP contribution in [0.4, 0.5) is 14.9 Å². The Balaban J connectivity index is 2.64. The number of halogens is 1. The van der Waals surface area contributed by atoms with Crippen molar-refractivity contribution in [1.29, 1.82) is 0 Å². The molecular weight excluding hydrogens is 211 g/mol. The van der Waals surface area contributed by atoms with Crippen LogP contribution in [0.2, 0.25) is 0 Å². The lowest BCUT2D eigenvalue weighted by atomic mass is 10.3. The van der Waals surface area contributed by atoms with Gasteiger partial charge < -0.3 is 10.6 Å². The molecule has 3 N–H and O–H groups in total. The third kappa shape index (κ3) is 3.56. The number of hydrogen-bond donors (Lipinski definition) is 3. The molecule has 0 aliphatic carbocycles. The fourth-order valence-electron chi connectivity index (χ4n) is 0.983. The zero-order chi connectivity index (χ0) is 12.0. The van der Waals surface area contributed by atoms with Gasteiger partial charge in [0.15, 0.2) is 0 Å². The maximum Gasteiger partial charge on any atom is 0.321 e. The second kappa shape index (κ2) is 5.69. The van der Waals surface area contributed by atoms with E-state index in [2.05, 4.69) is 20.9 Å². The number of hydrogen-bond acceptors (Lipinski definition) is 2. The standard InChI is InChI=1S/C10H13FN4O/c1-12-9(15-10(16)13-2)14-8-5-3-7(11)4-6-8/h3-6H,1-2H3,(H3,12,13,14,15,16). The lowest BCUT2D eigenvalue weighted by Crippen LogP contribution is -2.41. The normalized spacial score (nSPS) is 10.8. The Labute approximate surface area is 92.8 Å². The Morgan fingerprint density at radius 1 is 1.31 bits per heavy atom. The van der Waals surface area contributed by atoms with E-state index < -0.39 is 0 Å². The Bertz CT molecular complexity index is 388. The van der Waals surface area contributed by atoms with Crippen molar-refractivity contribution >= 4 is 17.7 Å². The second-order valence-electron chi connectivity index (χ2n) is 2.91. The van der Waals surface area contributed by atoms with Crippen molar-refractivity contribution in [1.82, 2.24) is 10.6 Å². The number of nitrogens with zero attached hydrogens (tertiary/aromatic N) is 1. The van der Waals surface area contributed by atoms with Gasteiger partial charge in [0.1, 0.15) is 5.82 Å². The number of nitrogens with one attached hydrogen (secondary N) is 3. The molecule has 0 radical (unpaired) electrons. The summed E-state index contributed by atoms with van der Waals surface area (Å²) in [6.45, 7) is 0. The largest absolute Gasteiger partial charge is 0.341 e. The summed E-state index contributed by atoms with van der Waals surface area (Å²) in [6, 6.07) is 5.35. The Kier molecular flexibility index (Phi) is 4.26. The van der Waals surface area contributed by atoms with Gasteiger partial charge in [0.25, 0.3) is 0 Å². The molecule has 0 unspecified atom stereocenters. The highest BCUT2D eigenvalue weighted by Crippen LogP contribution is 2.07. The molecule has 0 bridgehead atoms. The molecule has 0 atom stereocenters. The van der Waals surface area contributed by atoms with E-state index in [4.69, 9.17) is 0 Å². The first-order chi connectivity index (χ1) is 7.65. The van der Waals surface area contributed by atoms with Gasteiger partial charge in [-0.3, -0.25) is 10.3 Å². The summed E-state index contributed by atoms with van der Waals surface area (Å²) >= 11 is 0. The molecule has 16 heavy (non-hydrogen) atoms. The number of anilines is 1. The minimum absolute atomic E-state index is 0.283. The third-order valence-corrected chi connectivity index (χ3v) is 1.79. The Morgan fingerprint density at radius 2 is 1.94 bits per heavy atom. The molecule has 0 fully saturated rings. The third-order valence-electron chi connectivity index (χ3n) is 1.79. The van der Waals surface area contributed by atoms with Crippen LogP contribution in [0.25, 0.3) is 0 Å². The van der Waals surface area contributed by atoms with Crippen LogP contribution in [-0.4, -0.2) is 26.1 Å². The summed E-state index contributed by atoms with van der Waals surface area (Å²) < 4.78 is 12.6. The topological polar surface area (TPSA) is 65.5 Å². The summed E-state index contributed by atoms with van der Waals surface area (Å²) in [6.07, 6.45) is 0. The van der Waals surface area contributed by atoms with Gasteiger partial charge in [-0.2, -0.15) is 0 Å². The average molecular weight is 224 g/mol. The molecule has 0 aromatic heterocycles. The summed E-state index contributed by atoms with van der Waals surface area (Å²) in [4.78, 5) is 14.9. The first-order valence-electron chi connectivity index (χ1n) is 4.64. The number of rotatable bonds is 1. The molecule has 0 heterocycles. The van der Waals surface area contributed by atoms with Crippen molar-refractivity contribution in [3.63, 3.8) is 0 Å². The van der Waals surface area contributed by atoms with Crippen LogP contribution in [0, 0.1) is 5.82 Å². The molecule has 5 nitrogen and oxygen atoms in total. The maximum absolute atomic E-state index is 12.6. The summed E-state index contributed by atoms with van der Waals surface area (Å²) in [7, 11) is 3.03. The van der Waals surface area contributed by atoms with E-state index in [1.165, 1.54) is 26.2 Å². The van der Waals surface area contributed by atoms with Gasteiger partial charge in [-0.15, -0.1) is 0 Å². The fraction of sp³-hybridized carbons (Fsp3) is 0.200. The van der Waals surface area contributed by atoms with Crippen molar-refractivity contribution in [3.05, 3.63) is 30.1 Å². The molecule has 6 heteroatoms. The highest BCUT2D eigenvalue weighted by molar-refractivity contribution is 6.03. The van der Waals surface area contributed by atoms with E-state index in [1.54, 1.807) is 12.1 Å². The summed E-state index contributed by atoms with van der Waals surface area (Å²) in [5, 5.41) is 7.70. The van der Waals surface area contributed by atoms with Crippen LogP contribution in [0.1, 0.15) is 0 Å². The smallest absolute Gasteiger partial charge is 0.321 e. The van der Waals surface area contributed by atoms with Crippen LogP contribution in [-0.2, 0) is 0 Å². The molecular formula is C10H13FN4O. The molecule has 0 saturated carbocycles. The van der Waals surface area contributed by atoms with Crippen LogP contribution >= 0.6 is 0 Å². The first-order valence-corrected chi connectivity index (χ1v) is 4.64. The van der Waals surface area contributed by atoms with E-state index in [0.29, 0.717) is 5.69 Å². The monoisotopic (exact) mass is 224 g/mol. The summed E-state index contributed by atoms with van der Waals surface area (Å²) in [5.74, 6) is -0.0363. The molecule has 2 amide bonds. The van der Waals surface area contributed by atoms with E-state index in [9.17, 15) is 9.18 Å². The predicted octanol–water partition coefficient (Wildman–Crippen LogP) is 1.15. The number of urea groups is 1. The van der Waals surface area contributed by atoms with Crippen molar-refractivity contribution in [2.75, 3.05) is 19.4 Å². The van der Waals surface area contributed by atoms with E-state index in [-0.39, 0.29) is 17.8 Å². The number of aliphatic imine (C=N–C) groups is 1. The molecule has 1 aromatic carbocycles. The zero-order valence-electron chi connectivity index (χ0n) is 9.04. The van der Waals surface area contributed by atoms with Crippen molar-refractivity contribution in [2.45, 2.75) is 0 Å². The molecule has 0 saturated heterocycles. The second-order valence-corrected chi connectivity index (χ2v) is 2.91. The van der Waals surface area contributed by atoms with Gasteiger partial charge in [-0.1, -0.05) is 0 Å². The van der Waals surface area contributed by atoms with Crippen LogP contribution in [0.15, 0.2) is 29.3 Å². The molecule has 0 aliphatic heterocycles. The van der Waals surface area contributed by atoms with Gasteiger partial charge in [0.05, 0.1) is 0 Å². The van der Waals surface area contributed by atoms with Crippen LogP contribution < -0.4 is 16.0 Å². The van der Waals surface area contributed by atoms with Gasteiger partial charge in [-0.05, 0) is 24.3 Å². The minimum atomic E-state index is -0.379. The molecule has 86 valence electrons.